The highest BCUT2D eigenvalue weighted by Gasteiger charge is 2.33. The molecule has 2 aromatic heterocycles. The van der Waals surface area contributed by atoms with Gasteiger partial charge < -0.3 is 4.52 Å². The van der Waals surface area contributed by atoms with Crippen LogP contribution in [0.5, 0.6) is 0 Å². The summed E-state index contributed by atoms with van der Waals surface area (Å²) in [5.74, 6) is 0.763. The van der Waals surface area contributed by atoms with Gasteiger partial charge >= 0.3 is 0 Å². The number of benzene rings is 1. The van der Waals surface area contributed by atoms with Crippen LogP contribution in [0.3, 0.4) is 0 Å². The minimum atomic E-state index is -3.59. The largest absolute Gasteiger partial charge is 0.339 e. The van der Waals surface area contributed by atoms with E-state index in [4.69, 9.17) is 16.1 Å². The van der Waals surface area contributed by atoms with E-state index in [1.54, 1.807) is 30.6 Å². The van der Waals surface area contributed by atoms with Gasteiger partial charge in [-0.3, -0.25) is 4.98 Å². The molecule has 0 amide bonds. The Bertz CT molecular complexity index is 1020. The summed E-state index contributed by atoms with van der Waals surface area (Å²) in [7, 11) is -3.59. The summed E-state index contributed by atoms with van der Waals surface area (Å²) in [5, 5.41) is 4.51. The Kier molecular flexibility index (Phi) is 4.94. The zero-order valence-corrected chi connectivity index (χ0v) is 15.9. The number of hydrogen-bond acceptors (Lipinski definition) is 6. The number of aromatic nitrogens is 3. The van der Waals surface area contributed by atoms with E-state index in [1.807, 2.05) is 6.07 Å². The Hall–Kier alpha value is -2.29. The van der Waals surface area contributed by atoms with Gasteiger partial charge in [0, 0.05) is 36.1 Å². The Morgan fingerprint density at radius 3 is 2.74 bits per heavy atom. The number of nitrogens with zero attached hydrogens (tertiary/aromatic N) is 4. The summed E-state index contributed by atoms with van der Waals surface area (Å²) in [4.78, 5) is 8.73. The fraction of sp³-hybridized carbons (Fsp3) is 0.278. The van der Waals surface area contributed by atoms with Crippen LogP contribution >= 0.6 is 11.6 Å². The topological polar surface area (TPSA) is 89.2 Å². The number of halogens is 1. The predicted molar refractivity (Wildman–Crippen MR) is 99.7 cm³/mol. The molecule has 0 spiro atoms. The lowest BCUT2D eigenvalue weighted by atomic mass is 10.00. The molecule has 4 rings (SSSR count). The zero-order valence-electron chi connectivity index (χ0n) is 14.3. The molecule has 0 bridgehead atoms. The molecule has 0 N–H and O–H groups in total. The fourth-order valence-corrected chi connectivity index (χ4v) is 4.78. The molecular formula is C18H17ClN4O3S. The number of pyridine rings is 1. The minimum absolute atomic E-state index is 0.140. The monoisotopic (exact) mass is 404 g/mol. The van der Waals surface area contributed by atoms with Crippen molar-refractivity contribution >= 4 is 21.6 Å². The number of piperidine rings is 1. The van der Waals surface area contributed by atoms with E-state index < -0.39 is 10.0 Å². The van der Waals surface area contributed by atoms with E-state index in [-0.39, 0.29) is 10.8 Å². The van der Waals surface area contributed by atoms with Crippen molar-refractivity contribution < 1.29 is 12.9 Å². The van der Waals surface area contributed by atoms with Crippen LogP contribution in [0.15, 0.2) is 58.2 Å². The maximum Gasteiger partial charge on any atom is 0.243 e. The van der Waals surface area contributed by atoms with Crippen LogP contribution in [0.4, 0.5) is 0 Å². The molecule has 0 radical (unpaired) electrons. The summed E-state index contributed by atoms with van der Waals surface area (Å²) in [5.41, 5.74) is 0.758. The molecule has 27 heavy (non-hydrogen) atoms. The first-order valence-electron chi connectivity index (χ1n) is 8.54. The third-order valence-electron chi connectivity index (χ3n) is 4.55. The normalized spacial score (nSPS) is 18.5. The van der Waals surface area contributed by atoms with E-state index >= 15 is 0 Å². The molecule has 1 atom stereocenters. The van der Waals surface area contributed by atoms with E-state index in [9.17, 15) is 8.42 Å². The van der Waals surface area contributed by atoms with E-state index in [1.165, 1.54) is 16.4 Å². The van der Waals surface area contributed by atoms with Gasteiger partial charge in [-0.15, -0.1) is 0 Å². The van der Waals surface area contributed by atoms with Gasteiger partial charge in [-0.25, -0.2) is 8.42 Å². The second-order valence-corrected chi connectivity index (χ2v) is 8.73. The Labute approximate surface area is 162 Å². The highest BCUT2D eigenvalue weighted by Crippen LogP contribution is 2.30. The summed E-state index contributed by atoms with van der Waals surface area (Å²) in [6.45, 7) is 0.769. The van der Waals surface area contributed by atoms with Gasteiger partial charge in [-0.05, 0) is 49.2 Å². The van der Waals surface area contributed by atoms with E-state index in [2.05, 4.69) is 15.1 Å². The molecule has 0 unspecified atom stereocenters. The number of rotatable bonds is 4. The third kappa shape index (κ3) is 3.73. The highest BCUT2D eigenvalue weighted by molar-refractivity contribution is 7.89. The zero-order chi connectivity index (χ0) is 18.9. The van der Waals surface area contributed by atoms with Crippen LogP contribution in [-0.2, 0) is 10.0 Å². The SMILES string of the molecule is O=S(=O)(c1ccc(Cl)cc1)N1CCC[C@@H](c2nc(-c3cccnc3)no2)C1. The van der Waals surface area contributed by atoms with Crippen molar-refractivity contribution in [2.24, 2.45) is 0 Å². The Morgan fingerprint density at radius 2 is 2.00 bits per heavy atom. The molecule has 3 aromatic rings. The number of sulfonamides is 1. The molecule has 1 saturated heterocycles. The average Bonchev–Trinajstić information content (AvgIpc) is 3.19. The van der Waals surface area contributed by atoms with Crippen LogP contribution in [0.1, 0.15) is 24.7 Å². The molecule has 0 saturated carbocycles. The predicted octanol–water partition coefficient (Wildman–Crippen LogP) is 3.35. The van der Waals surface area contributed by atoms with Crippen LogP contribution < -0.4 is 0 Å². The van der Waals surface area contributed by atoms with Gasteiger partial charge in [0.05, 0.1) is 10.8 Å². The van der Waals surface area contributed by atoms with Gasteiger partial charge in [0.25, 0.3) is 0 Å². The smallest absolute Gasteiger partial charge is 0.243 e. The minimum Gasteiger partial charge on any atom is -0.339 e. The molecule has 0 aliphatic carbocycles. The molecular weight excluding hydrogens is 388 g/mol. The second-order valence-electron chi connectivity index (χ2n) is 6.35. The third-order valence-corrected chi connectivity index (χ3v) is 6.68. The van der Waals surface area contributed by atoms with Gasteiger partial charge in [0.1, 0.15) is 0 Å². The molecule has 7 nitrogen and oxygen atoms in total. The van der Waals surface area contributed by atoms with Crippen LogP contribution in [0.2, 0.25) is 5.02 Å². The molecule has 3 heterocycles. The maximum absolute atomic E-state index is 12.9. The van der Waals surface area contributed by atoms with Crippen molar-refractivity contribution in [3.8, 4) is 11.4 Å². The van der Waals surface area contributed by atoms with Crippen molar-refractivity contribution in [3.63, 3.8) is 0 Å². The van der Waals surface area contributed by atoms with Crippen LogP contribution in [0, 0.1) is 0 Å². The first kappa shape index (κ1) is 18.1. The number of hydrogen-bond donors (Lipinski definition) is 0. The van der Waals surface area contributed by atoms with Crippen molar-refractivity contribution in [3.05, 3.63) is 59.7 Å². The molecule has 1 aliphatic heterocycles. The van der Waals surface area contributed by atoms with Crippen molar-refractivity contribution in [1.82, 2.24) is 19.4 Å². The lowest BCUT2D eigenvalue weighted by Crippen LogP contribution is -2.39. The van der Waals surface area contributed by atoms with Crippen LogP contribution in [-0.4, -0.2) is 40.9 Å². The average molecular weight is 405 g/mol. The lowest BCUT2D eigenvalue weighted by Gasteiger charge is -2.30. The summed E-state index contributed by atoms with van der Waals surface area (Å²) >= 11 is 5.86. The van der Waals surface area contributed by atoms with E-state index in [0.717, 1.165) is 18.4 Å². The first-order valence-corrected chi connectivity index (χ1v) is 10.4. The lowest BCUT2D eigenvalue weighted by molar-refractivity contribution is 0.265. The van der Waals surface area contributed by atoms with Gasteiger partial charge in [-0.2, -0.15) is 9.29 Å². The van der Waals surface area contributed by atoms with E-state index in [0.29, 0.717) is 29.8 Å². The summed E-state index contributed by atoms with van der Waals surface area (Å²) in [6.07, 6.45) is 4.85. The molecule has 9 heteroatoms. The first-order chi connectivity index (χ1) is 13.0. The molecule has 140 valence electrons. The van der Waals surface area contributed by atoms with Crippen LogP contribution in [0.25, 0.3) is 11.4 Å². The Morgan fingerprint density at radius 1 is 1.19 bits per heavy atom. The fourth-order valence-electron chi connectivity index (χ4n) is 3.13. The Balaban J connectivity index is 1.55. The molecule has 1 fully saturated rings. The standard InChI is InChI=1S/C18H17ClN4O3S/c19-15-5-7-16(8-6-15)27(24,25)23-10-2-4-14(12-23)18-21-17(22-26-18)13-3-1-9-20-11-13/h1,3,5-9,11,14H,2,4,10,12H2/t14-/m1/s1. The van der Waals surface area contributed by atoms with Gasteiger partial charge in [0.15, 0.2) is 0 Å². The maximum atomic E-state index is 12.9. The summed E-state index contributed by atoms with van der Waals surface area (Å²) in [6, 6.07) is 9.84. The molecule has 1 aromatic carbocycles. The van der Waals surface area contributed by atoms with Gasteiger partial charge in [-0.1, -0.05) is 16.8 Å². The van der Waals surface area contributed by atoms with Gasteiger partial charge in [0.2, 0.25) is 21.7 Å². The quantitative estimate of drug-likeness (QED) is 0.662. The van der Waals surface area contributed by atoms with Crippen molar-refractivity contribution in [1.29, 1.82) is 0 Å². The van der Waals surface area contributed by atoms with Crippen molar-refractivity contribution in [2.45, 2.75) is 23.7 Å². The highest BCUT2D eigenvalue weighted by atomic mass is 35.5. The van der Waals surface area contributed by atoms with Crippen molar-refractivity contribution in [2.75, 3.05) is 13.1 Å². The molecule has 1 aliphatic rings. The second kappa shape index (κ2) is 7.38. The summed E-state index contributed by atoms with van der Waals surface area (Å²) < 4.78 is 32.7.